The van der Waals surface area contributed by atoms with Gasteiger partial charge in [0.05, 0.1) is 12.3 Å². The fourth-order valence-corrected chi connectivity index (χ4v) is 3.82. The molecule has 5 heteroatoms. The number of carbonyl (C=O) groups excluding carboxylic acids is 1. The molecule has 3 rings (SSSR count). The highest BCUT2D eigenvalue weighted by atomic mass is 32.2. The van der Waals surface area contributed by atoms with Crippen LogP contribution in [0.1, 0.15) is 27.7 Å². The number of hydrogen-bond donors (Lipinski definition) is 1. The van der Waals surface area contributed by atoms with E-state index in [0.29, 0.717) is 6.54 Å². The molecule has 122 valence electrons. The maximum atomic E-state index is 12.5. The Morgan fingerprint density at radius 3 is 2.74 bits per heavy atom. The van der Waals surface area contributed by atoms with Crippen molar-refractivity contribution in [3.05, 3.63) is 59.5 Å². The lowest BCUT2D eigenvalue weighted by atomic mass is 10.1. The van der Waals surface area contributed by atoms with E-state index in [1.807, 2.05) is 55.1 Å². The average Bonchev–Trinajstić information content (AvgIpc) is 3.10. The number of amides is 1. The van der Waals surface area contributed by atoms with Gasteiger partial charge in [0.25, 0.3) is 5.91 Å². The monoisotopic (exact) mass is 330 g/mol. The predicted octanol–water partition coefficient (Wildman–Crippen LogP) is 3.11. The van der Waals surface area contributed by atoms with Crippen LogP contribution in [-0.2, 0) is 0 Å². The number of thioether (sulfide) groups is 1. The second-order valence-electron chi connectivity index (χ2n) is 5.70. The molecule has 1 aliphatic rings. The van der Waals surface area contributed by atoms with Crippen molar-refractivity contribution in [3.8, 4) is 0 Å². The van der Waals surface area contributed by atoms with Crippen LogP contribution in [0.3, 0.4) is 0 Å². The van der Waals surface area contributed by atoms with Gasteiger partial charge in [-0.2, -0.15) is 11.8 Å². The Kier molecular flexibility index (Phi) is 5.41. The Hall–Kier alpha value is -1.72. The molecule has 1 atom stereocenters. The molecule has 1 saturated heterocycles. The quantitative estimate of drug-likeness (QED) is 0.915. The molecule has 1 aromatic heterocycles. The molecule has 1 N–H and O–H groups in total. The molecule has 0 radical (unpaired) electrons. The van der Waals surface area contributed by atoms with Crippen LogP contribution in [0.25, 0.3) is 0 Å². The summed E-state index contributed by atoms with van der Waals surface area (Å²) in [7, 11) is 0. The topological polar surface area (TPSA) is 45.5 Å². The van der Waals surface area contributed by atoms with Gasteiger partial charge in [-0.1, -0.05) is 18.2 Å². The lowest BCUT2D eigenvalue weighted by Gasteiger charge is -2.33. The highest BCUT2D eigenvalue weighted by Crippen LogP contribution is 2.24. The van der Waals surface area contributed by atoms with Gasteiger partial charge in [-0.3, -0.25) is 9.69 Å². The maximum absolute atomic E-state index is 12.5. The molecule has 1 amide bonds. The molecular formula is C18H22N2O2S. The van der Waals surface area contributed by atoms with Gasteiger partial charge in [0.1, 0.15) is 5.76 Å². The molecule has 0 aliphatic carbocycles. The normalized spacial score (nSPS) is 16.9. The summed E-state index contributed by atoms with van der Waals surface area (Å²) in [6.07, 6.45) is 1.70. The number of rotatable bonds is 5. The first kappa shape index (κ1) is 16.1. The first-order valence-electron chi connectivity index (χ1n) is 7.95. The van der Waals surface area contributed by atoms with Crippen LogP contribution in [0.2, 0.25) is 0 Å². The molecular weight excluding hydrogens is 308 g/mol. The van der Waals surface area contributed by atoms with E-state index < -0.39 is 0 Å². The lowest BCUT2D eigenvalue weighted by molar-refractivity contribution is 0.0929. The number of carbonyl (C=O) groups is 1. The third-order valence-corrected chi connectivity index (χ3v) is 5.15. The highest BCUT2D eigenvalue weighted by Gasteiger charge is 2.25. The van der Waals surface area contributed by atoms with Crippen LogP contribution < -0.4 is 5.32 Å². The Morgan fingerprint density at radius 1 is 1.26 bits per heavy atom. The zero-order valence-electron chi connectivity index (χ0n) is 13.3. The summed E-state index contributed by atoms with van der Waals surface area (Å²) in [6.45, 7) is 4.57. The van der Waals surface area contributed by atoms with E-state index in [4.69, 9.17) is 4.42 Å². The lowest BCUT2D eigenvalue weighted by Crippen LogP contribution is -2.42. The Bertz CT molecular complexity index is 636. The second kappa shape index (κ2) is 7.70. The Morgan fingerprint density at radius 2 is 2.04 bits per heavy atom. The maximum Gasteiger partial charge on any atom is 0.251 e. The first-order valence-corrected chi connectivity index (χ1v) is 9.10. The summed E-state index contributed by atoms with van der Waals surface area (Å²) >= 11 is 1.98. The molecule has 23 heavy (non-hydrogen) atoms. The van der Waals surface area contributed by atoms with Gasteiger partial charge < -0.3 is 9.73 Å². The van der Waals surface area contributed by atoms with Gasteiger partial charge in [0.15, 0.2) is 0 Å². The SMILES string of the molecule is Cc1ccccc1C(=O)NC[C@@H](c1ccco1)N1CCSCC1. The van der Waals surface area contributed by atoms with Gasteiger partial charge in [0.2, 0.25) is 0 Å². The van der Waals surface area contributed by atoms with Crippen molar-refractivity contribution in [3.63, 3.8) is 0 Å². The van der Waals surface area contributed by atoms with Crippen LogP contribution in [-0.4, -0.2) is 41.9 Å². The number of nitrogens with one attached hydrogen (secondary N) is 1. The summed E-state index contributed by atoms with van der Waals surface area (Å²) in [5.41, 5.74) is 1.73. The minimum Gasteiger partial charge on any atom is -0.468 e. The van der Waals surface area contributed by atoms with Gasteiger partial charge >= 0.3 is 0 Å². The van der Waals surface area contributed by atoms with Gasteiger partial charge in [-0.25, -0.2) is 0 Å². The van der Waals surface area contributed by atoms with E-state index >= 15 is 0 Å². The highest BCUT2D eigenvalue weighted by molar-refractivity contribution is 7.99. The van der Waals surface area contributed by atoms with Crippen molar-refractivity contribution in [2.75, 3.05) is 31.1 Å². The number of benzene rings is 1. The number of aryl methyl sites for hydroxylation is 1. The first-order chi connectivity index (χ1) is 11.3. The summed E-state index contributed by atoms with van der Waals surface area (Å²) < 4.78 is 5.61. The van der Waals surface area contributed by atoms with E-state index in [-0.39, 0.29) is 11.9 Å². The number of nitrogens with zero attached hydrogens (tertiary/aromatic N) is 1. The van der Waals surface area contributed by atoms with Gasteiger partial charge in [0, 0.05) is 36.7 Å². The third-order valence-electron chi connectivity index (χ3n) is 4.20. The molecule has 0 bridgehead atoms. The Balaban J connectivity index is 1.69. The largest absolute Gasteiger partial charge is 0.468 e. The second-order valence-corrected chi connectivity index (χ2v) is 6.93. The fourth-order valence-electron chi connectivity index (χ4n) is 2.89. The molecule has 1 aromatic carbocycles. The van der Waals surface area contributed by atoms with Crippen LogP contribution >= 0.6 is 11.8 Å². The number of furan rings is 1. The Labute approximate surface area is 141 Å². The minimum absolute atomic E-state index is 0.0222. The zero-order chi connectivity index (χ0) is 16.1. The van der Waals surface area contributed by atoms with Crippen molar-refractivity contribution < 1.29 is 9.21 Å². The minimum atomic E-state index is -0.0222. The third kappa shape index (κ3) is 3.98. The summed E-state index contributed by atoms with van der Waals surface area (Å²) in [5, 5.41) is 3.08. The van der Waals surface area contributed by atoms with Crippen molar-refractivity contribution >= 4 is 17.7 Å². The molecule has 0 spiro atoms. The molecule has 4 nitrogen and oxygen atoms in total. The zero-order valence-corrected chi connectivity index (χ0v) is 14.1. The van der Waals surface area contributed by atoms with Crippen molar-refractivity contribution in [1.82, 2.24) is 10.2 Å². The van der Waals surface area contributed by atoms with Gasteiger partial charge in [-0.05, 0) is 30.7 Å². The summed E-state index contributed by atoms with van der Waals surface area (Å²) in [6, 6.07) is 11.7. The van der Waals surface area contributed by atoms with E-state index in [1.54, 1.807) is 6.26 Å². The molecule has 0 saturated carbocycles. The molecule has 1 aliphatic heterocycles. The smallest absolute Gasteiger partial charge is 0.251 e. The van der Waals surface area contributed by atoms with Crippen LogP contribution in [0.15, 0.2) is 47.1 Å². The molecule has 2 aromatic rings. The van der Waals surface area contributed by atoms with E-state index in [2.05, 4.69) is 10.2 Å². The molecule has 0 unspecified atom stereocenters. The van der Waals surface area contributed by atoms with E-state index in [0.717, 1.165) is 41.5 Å². The molecule has 2 heterocycles. The fraction of sp³-hybridized carbons (Fsp3) is 0.389. The molecule has 1 fully saturated rings. The summed E-state index contributed by atoms with van der Waals surface area (Å²) in [5.74, 6) is 3.15. The average molecular weight is 330 g/mol. The number of hydrogen-bond acceptors (Lipinski definition) is 4. The van der Waals surface area contributed by atoms with E-state index in [1.165, 1.54) is 0 Å². The summed E-state index contributed by atoms with van der Waals surface area (Å²) in [4.78, 5) is 14.9. The van der Waals surface area contributed by atoms with Crippen LogP contribution in [0.4, 0.5) is 0 Å². The van der Waals surface area contributed by atoms with E-state index in [9.17, 15) is 4.79 Å². The van der Waals surface area contributed by atoms with Crippen molar-refractivity contribution in [1.29, 1.82) is 0 Å². The predicted molar refractivity (Wildman–Crippen MR) is 93.9 cm³/mol. The van der Waals surface area contributed by atoms with Crippen LogP contribution in [0.5, 0.6) is 0 Å². The van der Waals surface area contributed by atoms with Crippen molar-refractivity contribution in [2.24, 2.45) is 0 Å². The van der Waals surface area contributed by atoms with Gasteiger partial charge in [-0.15, -0.1) is 0 Å². The van der Waals surface area contributed by atoms with Crippen LogP contribution in [0, 0.1) is 6.92 Å². The standard InChI is InChI=1S/C18H22N2O2S/c1-14-5-2-3-6-15(14)18(21)19-13-16(17-7-4-10-22-17)20-8-11-23-12-9-20/h2-7,10,16H,8-9,11-13H2,1H3,(H,19,21)/t16-/m0/s1. The van der Waals surface area contributed by atoms with Crippen molar-refractivity contribution in [2.45, 2.75) is 13.0 Å².